The number of hydrogen-bond acceptors (Lipinski definition) is 4. The topological polar surface area (TPSA) is 78.8 Å². The Kier molecular flexibility index (Phi) is 8.38. The Morgan fingerprint density at radius 2 is 2.04 bits per heavy atom. The average Bonchev–Trinajstić information content (AvgIpc) is 2.60. The molecule has 0 radical (unpaired) electrons. The zero-order valence-electron chi connectivity index (χ0n) is 15.5. The van der Waals surface area contributed by atoms with E-state index in [4.69, 9.17) is 4.74 Å². The highest BCUT2D eigenvalue weighted by atomic mass is 79.9. The average molecular weight is 428 g/mol. The van der Waals surface area contributed by atoms with Gasteiger partial charge in [0.05, 0.1) is 12.2 Å². The van der Waals surface area contributed by atoms with Gasteiger partial charge in [0.25, 0.3) is 0 Å². The summed E-state index contributed by atoms with van der Waals surface area (Å²) in [5, 5.41) is 23.5. The first-order valence-corrected chi connectivity index (χ1v) is 10.4. The molecule has 0 saturated heterocycles. The van der Waals surface area contributed by atoms with Crippen LogP contribution >= 0.6 is 15.9 Å². The van der Waals surface area contributed by atoms with Crippen molar-refractivity contribution in [2.45, 2.75) is 76.5 Å². The maximum atomic E-state index is 11.8. The first-order valence-electron chi connectivity index (χ1n) is 9.56. The summed E-state index contributed by atoms with van der Waals surface area (Å²) >= 11 is 3.46. The molecule has 1 aromatic rings. The van der Waals surface area contributed by atoms with Crippen molar-refractivity contribution < 1.29 is 19.7 Å². The first-order chi connectivity index (χ1) is 12.5. The molecule has 0 heterocycles. The zero-order valence-corrected chi connectivity index (χ0v) is 17.1. The maximum Gasteiger partial charge on any atom is 0.323 e. The summed E-state index contributed by atoms with van der Waals surface area (Å²) in [6.45, 7) is 3.13. The largest absolute Gasteiger partial charge is 0.493 e. The highest BCUT2D eigenvalue weighted by Crippen LogP contribution is 2.32. The fraction of sp³-hybridized carbons (Fsp3) is 0.650. The van der Waals surface area contributed by atoms with Crippen molar-refractivity contribution >= 4 is 21.9 Å². The molecule has 1 aromatic carbocycles. The summed E-state index contributed by atoms with van der Waals surface area (Å²) < 4.78 is 6.80. The molecular weight excluding hydrogens is 398 g/mol. The molecule has 0 spiro atoms. The number of ether oxygens (including phenoxy) is 1. The second-order valence-electron chi connectivity index (χ2n) is 7.12. The minimum atomic E-state index is -1.18. The molecule has 1 unspecified atom stereocenters. The van der Waals surface area contributed by atoms with Gasteiger partial charge < -0.3 is 14.9 Å². The van der Waals surface area contributed by atoms with Gasteiger partial charge in [-0.15, -0.1) is 0 Å². The van der Waals surface area contributed by atoms with Crippen LogP contribution in [-0.2, 0) is 11.3 Å². The molecule has 1 aliphatic carbocycles. The van der Waals surface area contributed by atoms with Crippen molar-refractivity contribution in [3.05, 3.63) is 28.2 Å². The third kappa shape index (κ3) is 5.96. The highest BCUT2D eigenvalue weighted by Gasteiger charge is 2.42. The fourth-order valence-electron chi connectivity index (χ4n) is 3.53. The van der Waals surface area contributed by atoms with E-state index in [0.29, 0.717) is 26.0 Å². The van der Waals surface area contributed by atoms with Crippen LogP contribution in [0.15, 0.2) is 22.7 Å². The van der Waals surface area contributed by atoms with Crippen LogP contribution < -0.4 is 10.1 Å². The molecule has 146 valence electrons. The van der Waals surface area contributed by atoms with E-state index < -0.39 is 17.6 Å². The van der Waals surface area contributed by atoms with Gasteiger partial charge in [0.1, 0.15) is 11.8 Å². The summed E-state index contributed by atoms with van der Waals surface area (Å²) in [5.74, 6) is -0.244. The molecule has 5 nitrogen and oxygen atoms in total. The number of halogens is 1. The number of aliphatic carboxylic acids is 1. The van der Waals surface area contributed by atoms with E-state index in [1.807, 2.05) is 18.2 Å². The van der Waals surface area contributed by atoms with Crippen LogP contribution in [0.2, 0.25) is 0 Å². The van der Waals surface area contributed by atoms with E-state index >= 15 is 0 Å². The van der Waals surface area contributed by atoms with E-state index in [9.17, 15) is 15.0 Å². The number of hydrogen-bond donors (Lipinski definition) is 3. The van der Waals surface area contributed by atoms with E-state index in [2.05, 4.69) is 28.2 Å². The summed E-state index contributed by atoms with van der Waals surface area (Å²) in [5.41, 5.74) is -0.292. The lowest BCUT2D eigenvalue weighted by atomic mass is 9.79. The number of benzene rings is 1. The molecular formula is C20H30BrNO4. The number of unbranched alkanes of at least 4 members (excludes halogenated alkanes) is 2. The van der Waals surface area contributed by atoms with Crippen LogP contribution in [0.4, 0.5) is 0 Å². The van der Waals surface area contributed by atoms with Gasteiger partial charge in [0.15, 0.2) is 0 Å². The Morgan fingerprint density at radius 3 is 2.69 bits per heavy atom. The lowest BCUT2D eigenvalue weighted by Gasteiger charge is -2.37. The van der Waals surface area contributed by atoms with Crippen molar-refractivity contribution in [1.29, 1.82) is 0 Å². The third-order valence-corrected chi connectivity index (χ3v) is 5.52. The van der Waals surface area contributed by atoms with Gasteiger partial charge >= 0.3 is 5.97 Å². The SMILES string of the molecule is CCCCCOc1ccc(Br)cc1CNC(C(=O)O)C1(O)CCCCC1. The summed E-state index contributed by atoms with van der Waals surface area (Å²) in [4.78, 5) is 11.8. The maximum absolute atomic E-state index is 11.8. The molecule has 1 atom stereocenters. The lowest BCUT2D eigenvalue weighted by molar-refractivity contribution is -0.149. The smallest absolute Gasteiger partial charge is 0.323 e. The number of rotatable bonds is 10. The normalized spacial score (nSPS) is 17.7. The number of carbonyl (C=O) groups is 1. The number of nitrogens with one attached hydrogen (secondary N) is 1. The number of carboxylic acid groups (broad SMARTS) is 1. The fourth-order valence-corrected chi connectivity index (χ4v) is 3.94. The Morgan fingerprint density at radius 1 is 1.31 bits per heavy atom. The second kappa shape index (κ2) is 10.3. The second-order valence-corrected chi connectivity index (χ2v) is 8.04. The Hall–Kier alpha value is -1.11. The van der Waals surface area contributed by atoms with Crippen LogP contribution in [0.5, 0.6) is 5.75 Å². The third-order valence-electron chi connectivity index (χ3n) is 5.03. The molecule has 1 saturated carbocycles. The van der Waals surface area contributed by atoms with Crippen molar-refractivity contribution in [3.8, 4) is 5.75 Å². The van der Waals surface area contributed by atoms with Crippen molar-refractivity contribution in [2.24, 2.45) is 0 Å². The molecule has 3 N–H and O–H groups in total. The monoisotopic (exact) mass is 427 g/mol. The highest BCUT2D eigenvalue weighted by molar-refractivity contribution is 9.10. The van der Waals surface area contributed by atoms with E-state index in [-0.39, 0.29) is 0 Å². The number of aliphatic hydroxyl groups is 1. The van der Waals surface area contributed by atoms with Gasteiger partial charge in [-0.3, -0.25) is 10.1 Å². The molecule has 0 aliphatic heterocycles. The van der Waals surface area contributed by atoms with Crippen LogP contribution in [0.1, 0.15) is 63.9 Å². The predicted molar refractivity (Wildman–Crippen MR) is 105 cm³/mol. The van der Waals surface area contributed by atoms with Crippen molar-refractivity contribution in [1.82, 2.24) is 5.32 Å². The Labute approximate surface area is 164 Å². The van der Waals surface area contributed by atoms with E-state index in [1.54, 1.807) is 0 Å². The quantitative estimate of drug-likeness (QED) is 0.486. The van der Waals surface area contributed by atoms with Crippen molar-refractivity contribution in [2.75, 3.05) is 6.61 Å². The lowest BCUT2D eigenvalue weighted by Crippen LogP contribution is -2.56. The zero-order chi connectivity index (χ0) is 19.0. The minimum Gasteiger partial charge on any atom is -0.493 e. The van der Waals surface area contributed by atoms with Gasteiger partial charge in [-0.25, -0.2) is 0 Å². The van der Waals surface area contributed by atoms with E-state index in [1.165, 1.54) is 0 Å². The van der Waals surface area contributed by atoms with Crippen LogP contribution in [0, 0.1) is 0 Å². The molecule has 26 heavy (non-hydrogen) atoms. The Bertz CT molecular complexity index is 587. The van der Waals surface area contributed by atoms with Gasteiger partial charge in [-0.1, -0.05) is 55.0 Å². The van der Waals surface area contributed by atoms with Gasteiger partial charge in [0.2, 0.25) is 0 Å². The van der Waals surface area contributed by atoms with Crippen LogP contribution in [-0.4, -0.2) is 34.4 Å². The summed E-state index contributed by atoms with van der Waals surface area (Å²) in [7, 11) is 0. The van der Waals surface area contributed by atoms with E-state index in [0.717, 1.165) is 54.3 Å². The van der Waals surface area contributed by atoms with Gasteiger partial charge in [0, 0.05) is 16.6 Å². The van der Waals surface area contributed by atoms with Crippen molar-refractivity contribution in [3.63, 3.8) is 0 Å². The van der Waals surface area contributed by atoms with Gasteiger partial charge in [-0.05, 0) is 37.5 Å². The molecule has 0 aromatic heterocycles. The number of carboxylic acids is 1. The molecule has 0 bridgehead atoms. The standard InChI is InChI=1S/C20H30BrNO4/c1-2-3-7-12-26-17-9-8-16(21)13-15(17)14-22-18(19(23)24)20(25)10-5-4-6-11-20/h8-9,13,18,22,25H,2-7,10-12,14H2,1H3,(H,23,24). The van der Waals surface area contributed by atoms with Crippen LogP contribution in [0.25, 0.3) is 0 Å². The molecule has 6 heteroatoms. The summed E-state index contributed by atoms with van der Waals surface area (Å²) in [6, 6.07) is 4.78. The molecule has 2 rings (SSSR count). The molecule has 1 aliphatic rings. The van der Waals surface area contributed by atoms with Crippen LogP contribution in [0.3, 0.4) is 0 Å². The first kappa shape index (κ1) is 21.2. The summed E-state index contributed by atoms with van der Waals surface area (Å²) in [6.07, 6.45) is 7.09. The minimum absolute atomic E-state index is 0.335. The predicted octanol–water partition coefficient (Wildman–Crippen LogP) is 4.26. The van der Waals surface area contributed by atoms with Gasteiger partial charge in [-0.2, -0.15) is 0 Å². The Balaban J connectivity index is 2.05. The molecule has 1 fully saturated rings. The molecule has 0 amide bonds.